The first-order valence-corrected chi connectivity index (χ1v) is 13.5. The van der Waals surface area contributed by atoms with Gasteiger partial charge in [0.25, 0.3) is 0 Å². The normalized spacial score (nSPS) is 33.8. The van der Waals surface area contributed by atoms with Gasteiger partial charge in [-0.3, -0.25) is 9.69 Å². The maximum atomic E-state index is 13.3. The number of carbonyl (C=O) groups excluding carboxylic acids is 1. The summed E-state index contributed by atoms with van der Waals surface area (Å²) in [7, 11) is 1.79. The third-order valence-electron chi connectivity index (χ3n) is 9.86. The highest BCUT2D eigenvalue weighted by atomic mass is 19.1. The van der Waals surface area contributed by atoms with E-state index < -0.39 is 17.1 Å². The molecule has 2 N–H and O–H groups in total. The highest BCUT2D eigenvalue weighted by molar-refractivity contribution is 5.92. The Labute approximate surface area is 216 Å². The number of likely N-dealkylation sites (N-methyl/N-ethyl adjacent to an activating group) is 1. The minimum absolute atomic E-state index is 0.0104. The Morgan fingerprint density at radius 3 is 2.73 bits per heavy atom. The van der Waals surface area contributed by atoms with E-state index >= 15 is 0 Å². The minimum Gasteiger partial charge on any atom is -0.504 e. The lowest BCUT2D eigenvalue weighted by molar-refractivity contribution is -0.200. The van der Waals surface area contributed by atoms with Crippen LogP contribution >= 0.6 is 0 Å². The average molecular weight is 505 g/mol. The number of aromatic hydroxyl groups is 1. The molecule has 2 unspecified atom stereocenters. The topological polar surface area (TPSA) is 73.2 Å². The van der Waals surface area contributed by atoms with Crippen molar-refractivity contribution < 1.29 is 24.1 Å². The first-order chi connectivity index (χ1) is 17.8. The minimum atomic E-state index is -0.971. The van der Waals surface area contributed by atoms with Gasteiger partial charge < -0.3 is 19.8 Å². The number of benzene rings is 2. The van der Waals surface area contributed by atoms with Gasteiger partial charge >= 0.3 is 0 Å². The van der Waals surface area contributed by atoms with Gasteiger partial charge in [-0.25, -0.2) is 4.39 Å². The number of rotatable bonds is 5. The Morgan fingerprint density at radius 2 is 1.97 bits per heavy atom. The van der Waals surface area contributed by atoms with Gasteiger partial charge in [0.15, 0.2) is 11.5 Å². The number of nitrogens with zero attached hydrogens (tertiary/aromatic N) is 2. The summed E-state index contributed by atoms with van der Waals surface area (Å²) in [6, 6.07) is 9.49. The summed E-state index contributed by atoms with van der Waals surface area (Å²) in [5, 5.41) is 23.4. The van der Waals surface area contributed by atoms with Crippen LogP contribution in [0.25, 0.3) is 6.08 Å². The molecule has 3 aliphatic carbocycles. The largest absolute Gasteiger partial charge is 0.504 e. The van der Waals surface area contributed by atoms with Crippen molar-refractivity contribution >= 4 is 12.0 Å². The zero-order valence-corrected chi connectivity index (χ0v) is 21.1. The van der Waals surface area contributed by atoms with Crippen LogP contribution in [-0.2, 0) is 16.6 Å². The first kappa shape index (κ1) is 23.2. The second kappa shape index (κ2) is 8.05. The van der Waals surface area contributed by atoms with Crippen LogP contribution in [0.3, 0.4) is 0 Å². The molecule has 7 heteroatoms. The summed E-state index contributed by atoms with van der Waals surface area (Å²) in [6.07, 6.45) is 8.00. The molecule has 37 heavy (non-hydrogen) atoms. The highest BCUT2D eigenvalue weighted by Gasteiger charge is 2.73. The summed E-state index contributed by atoms with van der Waals surface area (Å²) >= 11 is 0. The molecule has 5 atom stereocenters. The molecule has 2 saturated carbocycles. The lowest BCUT2D eigenvalue weighted by Gasteiger charge is -2.64. The van der Waals surface area contributed by atoms with Crippen LogP contribution in [0.4, 0.5) is 4.39 Å². The Kier molecular flexibility index (Phi) is 5.05. The number of phenols is 1. The second-order valence-electron chi connectivity index (χ2n) is 11.7. The Balaban J connectivity index is 1.24. The van der Waals surface area contributed by atoms with Gasteiger partial charge in [-0.2, -0.15) is 0 Å². The van der Waals surface area contributed by atoms with Gasteiger partial charge in [-0.05, 0) is 86.4 Å². The van der Waals surface area contributed by atoms with Gasteiger partial charge in [0.05, 0.1) is 17.1 Å². The molecule has 2 aliphatic heterocycles. The van der Waals surface area contributed by atoms with Gasteiger partial charge in [-0.15, -0.1) is 0 Å². The molecule has 3 fully saturated rings. The third kappa shape index (κ3) is 3.26. The average Bonchev–Trinajstić information content (AvgIpc) is 3.63. The van der Waals surface area contributed by atoms with Gasteiger partial charge in [0.1, 0.15) is 11.9 Å². The predicted octanol–water partition coefficient (Wildman–Crippen LogP) is 3.64. The molecular weight excluding hydrogens is 471 g/mol. The van der Waals surface area contributed by atoms with Crippen LogP contribution in [0.2, 0.25) is 0 Å². The first-order valence-electron chi connectivity index (χ1n) is 13.5. The van der Waals surface area contributed by atoms with E-state index in [1.165, 1.54) is 31.1 Å². The standard InChI is InChI=1S/C30H33FN2O4/c1-32(25(35)11-6-18-4-8-21(31)9-5-18)22-12-13-30(36)24-16-20-7-10-23(34)27-26(20)29(30,28(22)37-27)14-15-33(24)17-19-2-3-19/h4-11,19,22,24,28,34,36H,2-3,12-17H2,1H3/b11-6+/t22?,24-,28?,29+,30-/m1/s1. The van der Waals surface area contributed by atoms with E-state index in [1.807, 2.05) is 6.07 Å². The fourth-order valence-electron chi connectivity index (χ4n) is 7.87. The lowest BCUT2D eigenvalue weighted by Crippen LogP contribution is -2.78. The van der Waals surface area contributed by atoms with E-state index in [2.05, 4.69) is 4.90 Å². The molecule has 2 aromatic rings. The Bertz CT molecular complexity index is 1290. The second-order valence-corrected chi connectivity index (χ2v) is 11.7. The molecule has 6 nitrogen and oxygen atoms in total. The molecule has 2 heterocycles. The SMILES string of the molecule is CN(C(=O)/C=C/c1ccc(F)cc1)C1CC[C@@]2(O)[C@H]3Cc4ccc(O)c5c4[C@@]2(CCN3CC2CC2)C1O5. The maximum Gasteiger partial charge on any atom is 0.246 e. The van der Waals surface area contributed by atoms with E-state index in [-0.39, 0.29) is 29.6 Å². The number of phenolic OH excluding ortho intramolecular Hbond substituents is 1. The van der Waals surface area contributed by atoms with Crippen molar-refractivity contribution in [1.29, 1.82) is 0 Å². The number of likely N-dealkylation sites (tertiary alicyclic amines) is 1. The zero-order valence-electron chi connectivity index (χ0n) is 21.1. The molecule has 1 amide bonds. The quantitative estimate of drug-likeness (QED) is 0.609. The number of halogens is 1. The smallest absolute Gasteiger partial charge is 0.246 e. The van der Waals surface area contributed by atoms with Crippen LogP contribution in [0.5, 0.6) is 11.5 Å². The molecule has 0 radical (unpaired) electrons. The van der Waals surface area contributed by atoms with Crippen molar-refractivity contribution in [1.82, 2.24) is 9.80 Å². The van der Waals surface area contributed by atoms with Crippen LogP contribution in [0, 0.1) is 11.7 Å². The summed E-state index contributed by atoms with van der Waals surface area (Å²) < 4.78 is 19.8. The number of piperidine rings is 1. The van der Waals surface area contributed by atoms with E-state index in [4.69, 9.17) is 4.74 Å². The van der Waals surface area contributed by atoms with Crippen molar-refractivity contribution in [2.24, 2.45) is 5.92 Å². The fourth-order valence-corrected chi connectivity index (χ4v) is 7.87. The number of hydrogen-bond acceptors (Lipinski definition) is 5. The van der Waals surface area contributed by atoms with Crippen LogP contribution in [0.15, 0.2) is 42.5 Å². The molecule has 7 rings (SSSR count). The van der Waals surface area contributed by atoms with Crippen LogP contribution in [0.1, 0.15) is 48.8 Å². The zero-order chi connectivity index (χ0) is 25.5. The molecule has 2 aromatic carbocycles. The Morgan fingerprint density at radius 1 is 1.19 bits per heavy atom. The van der Waals surface area contributed by atoms with Gasteiger partial charge in [-0.1, -0.05) is 18.2 Å². The van der Waals surface area contributed by atoms with E-state index in [0.717, 1.165) is 48.5 Å². The number of amides is 1. The number of ether oxygens (including phenoxy) is 1. The summed E-state index contributed by atoms with van der Waals surface area (Å²) in [5.41, 5.74) is 1.24. The van der Waals surface area contributed by atoms with Crippen molar-refractivity contribution in [2.45, 2.75) is 67.7 Å². The van der Waals surface area contributed by atoms with Crippen molar-refractivity contribution in [3.63, 3.8) is 0 Å². The molecule has 2 bridgehead atoms. The third-order valence-corrected chi connectivity index (χ3v) is 9.86. The molecule has 5 aliphatic rings. The van der Waals surface area contributed by atoms with Crippen molar-refractivity contribution in [3.05, 3.63) is 65.0 Å². The van der Waals surface area contributed by atoms with E-state index in [0.29, 0.717) is 18.6 Å². The number of aliphatic hydroxyl groups is 1. The number of hydrogen-bond donors (Lipinski definition) is 2. The van der Waals surface area contributed by atoms with Crippen molar-refractivity contribution in [3.8, 4) is 11.5 Å². The van der Waals surface area contributed by atoms with Crippen LogP contribution < -0.4 is 4.74 Å². The lowest BCUT2D eigenvalue weighted by atomic mass is 9.48. The molecule has 1 saturated heterocycles. The molecular formula is C30H33FN2O4. The summed E-state index contributed by atoms with van der Waals surface area (Å²) in [5.74, 6) is 0.845. The van der Waals surface area contributed by atoms with E-state index in [9.17, 15) is 19.4 Å². The fraction of sp³-hybridized carbons (Fsp3) is 0.500. The Hall–Kier alpha value is -2.90. The highest BCUT2D eigenvalue weighted by Crippen LogP contribution is 2.66. The molecule has 0 aromatic heterocycles. The predicted molar refractivity (Wildman–Crippen MR) is 137 cm³/mol. The van der Waals surface area contributed by atoms with Gasteiger partial charge in [0, 0.05) is 31.3 Å². The van der Waals surface area contributed by atoms with E-state index in [1.54, 1.807) is 36.2 Å². The summed E-state index contributed by atoms with van der Waals surface area (Å²) in [6.45, 7) is 1.91. The van der Waals surface area contributed by atoms with Gasteiger partial charge in [0.2, 0.25) is 5.91 Å². The maximum absolute atomic E-state index is 13.3. The van der Waals surface area contributed by atoms with Crippen LogP contribution in [-0.4, -0.2) is 69.8 Å². The molecule has 1 spiro atoms. The number of carbonyl (C=O) groups is 1. The van der Waals surface area contributed by atoms with Crippen molar-refractivity contribution in [2.75, 3.05) is 20.1 Å². The molecule has 194 valence electrons. The monoisotopic (exact) mass is 504 g/mol. The summed E-state index contributed by atoms with van der Waals surface area (Å²) in [4.78, 5) is 17.5.